The number of aromatic nitrogens is 2. The van der Waals surface area contributed by atoms with Crippen LogP contribution in [0.3, 0.4) is 0 Å². The second-order valence-corrected chi connectivity index (χ2v) is 4.60. The maximum atomic E-state index is 12.8. The standard InChI is InChI=1S/C14H9ClFN3O/c15-12-6-1-8-7-11(18-13(8)19-12)14(20)17-10-4-2-9(16)3-5-10/h1-7H,(H,17,20)(H,18,19). The highest BCUT2D eigenvalue weighted by molar-refractivity contribution is 6.29. The fraction of sp³-hybridized carbons (Fsp3) is 0. The fourth-order valence-corrected chi connectivity index (χ4v) is 1.98. The van der Waals surface area contributed by atoms with Gasteiger partial charge in [0, 0.05) is 11.1 Å². The molecule has 0 fully saturated rings. The SMILES string of the molecule is O=C(Nc1ccc(F)cc1)c1cc2ccc(Cl)nc2[nH]1. The van der Waals surface area contributed by atoms with Gasteiger partial charge in [-0.1, -0.05) is 11.6 Å². The Bertz CT molecular complexity index is 783. The number of carbonyl (C=O) groups excluding carboxylic acids is 1. The number of halogens is 2. The molecule has 2 N–H and O–H groups in total. The van der Waals surface area contributed by atoms with E-state index in [-0.39, 0.29) is 11.7 Å². The van der Waals surface area contributed by atoms with Crippen LogP contribution in [0.5, 0.6) is 0 Å². The number of pyridine rings is 1. The Labute approximate surface area is 118 Å². The summed E-state index contributed by atoms with van der Waals surface area (Å²) in [5.74, 6) is -0.682. The Balaban J connectivity index is 1.86. The summed E-state index contributed by atoms with van der Waals surface area (Å²) in [6.45, 7) is 0. The normalized spacial score (nSPS) is 10.7. The number of carbonyl (C=O) groups is 1. The lowest BCUT2D eigenvalue weighted by Crippen LogP contribution is -2.12. The van der Waals surface area contributed by atoms with Crippen LogP contribution >= 0.6 is 11.6 Å². The predicted octanol–water partition coefficient (Wildman–Crippen LogP) is 3.61. The number of benzene rings is 1. The van der Waals surface area contributed by atoms with Crippen molar-refractivity contribution in [3.05, 3.63) is 59.1 Å². The maximum Gasteiger partial charge on any atom is 0.272 e. The van der Waals surface area contributed by atoms with Crippen molar-refractivity contribution in [2.45, 2.75) is 0 Å². The van der Waals surface area contributed by atoms with E-state index >= 15 is 0 Å². The first-order chi connectivity index (χ1) is 9.61. The Morgan fingerprint density at radius 1 is 1.20 bits per heavy atom. The van der Waals surface area contributed by atoms with E-state index < -0.39 is 0 Å². The predicted molar refractivity (Wildman–Crippen MR) is 75.5 cm³/mol. The van der Waals surface area contributed by atoms with Gasteiger partial charge < -0.3 is 10.3 Å². The highest BCUT2D eigenvalue weighted by atomic mass is 35.5. The van der Waals surface area contributed by atoms with Crippen molar-refractivity contribution in [2.75, 3.05) is 5.32 Å². The second kappa shape index (κ2) is 4.94. The molecular formula is C14H9ClFN3O. The molecule has 0 bridgehead atoms. The molecular weight excluding hydrogens is 281 g/mol. The molecule has 1 aromatic carbocycles. The molecule has 0 radical (unpaired) electrons. The zero-order valence-corrected chi connectivity index (χ0v) is 10.9. The second-order valence-electron chi connectivity index (χ2n) is 4.22. The molecule has 3 aromatic rings. The number of nitrogens with zero attached hydrogens (tertiary/aromatic N) is 1. The third-order valence-corrected chi connectivity index (χ3v) is 3.00. The topological polar surface area (TPSA) is 57.8 Å². The molecule has 100 valence electrons. The highest BCUT2D eigenvalue weighted by Crippen LogP contribution is 2.17. The largest absolute Gasteiger partial charge is 0.335 e. The molecule has 2 heterocycles. The van der Waals surface area contributed by atoms with Crippen molar-refractivity contribution in [2.24, 2.45) is 0 Å². The van der Waals surface area contributed by atoms with E-state index in [1.165, 1.54) is 24.3 Å². The van der Waals surface area contributed by atoms with Crippen molar-refractivity contribution in [1.82, 2.24) is 9.97 Å². The number of rotatable bonds is 2. The molecule has 4 nitrogen and oxygen atoms in total. The van der Waals surface area contributed by atoms with E-state index in [2.05, 4.69) is 15.3 Å². The molecule has 1 amide bonds. The lowest BCUT2D eigenvalue weighted by molar-refractivity contribution is 0.102. The fourth-order valence-electron chi connectivity index (χ4n) is 1.84. The van der Waals surface area contributed by atoms with Crippen LogP contribution in [0.4, 0.5) is 10.1 Å². The summed E-state index contributed by atoms with van der Waals surface area (Å²) in [7, 11) is 0. The first-order valence-corrected chi connectivity index (χ1v) is 6.22. The smallest absolute Gasteiger partial charge is 0.272 e. The highest BCUT2D eigenvalue weighted by Gasteiger charge is 2.10. The van der Waals surface area contributed by atoms with Crippen LogP contribution in [-0.4, -0.2) is 15.9 Å². The number of hydrogen-bond acceptors (Lipinski definition) is 2. The Morgan fingerprint density at radius 3 is 2.70 bits per heavy atom. The number of hydrogen-bond donors (Lipinski definition) is 2. The number of H-pyrrole nitrogens is 1. The number of fused-ring (bicyclic) bond motifs is 1. The summed E-state index contributed by atoms with van der Waals surface area (Å²) in [4.78, 5) is 19.0. The average molecular weight is 290 g/mol. The van der Waals surface area contributed by atoms with Crippen LogP contribution in [-0.2, 0) is 0 Å². The minimum absolute atomic E-state index is 0.328. The molecule has 6 heteroatoms. The van der Waals surface area contributed by atoms with Gasteiger partial charge >= 0.3 is 0 Å². The number of amides is 1. The van der Waals surface area contributed by atoms with E-state index in [1.807, 2.05) is 0 Å². The maximum absolute atomic E-state index is 12.8. The molecule has 0 aliphatic carbocycles. The zero-order valence-electron chi connectivity index (χ0n) is 10.2. The Hall–Kier alpha value is -2.40. The van der Waals surface area contributed by atoms with Crippen molar-refractivity contribution in [3.63, 3.8) is 0 Å². The molecule has 0 spiro atoms. The monoisotopic (exact) mass is 289 g/mol. The van der Waals surface area contributed by atoms with E-state index in [1.54, 1.807) is 18.2 Å². The molecule has 2 aromatic heterocycles. The van der Waals surface area contributed by atoms with Crippen LogP contribution in [0, 0.1) is 5.82 Å². The van der Waals surface area contributed by atoms with Gasteiger partial charge in [0.2, 0.25) is 0 Å². The molecule has 0 aliphatic rings. The van der Waals surface area contributed by atoms with Crippen LogP contribution in [0.25, 0.3) is 11.0 Å². The molecule has 0 saturated heterocycles. The Morgan fingerprint density at radius 2 is 1.95 bits per heavy atom. The van der Waals surface area contributed by atoms with Gasteiger partial charge in [-0.05, 0) is 42.5 Å². The van der Waals surface area contributed by atoms with Gasteiger partial charge in [-0.25, -0.2) is 9.37 Å². The number of nitrogens with one attached hydrogen (secondary N) is 2. The first-order valence-electron chi connectivity index (χ1n) is 5.84. The summed E-state index contributed by atoms with van der Waals surface area (Å²) in [6.07, 6.45) is 0. The lowest BCUT2D eigenvalue weighted by atomic mass is 10.3. The van der Waals surface area contributed by atoms with Crippen LogP contribution in [0.1, 0.15) is 10.5 Å². The van der Waals surface area contributed by atoms with E-state index in [0.29, 0.717) is 22.2 Å². The molecule has 0 saturated carbocycles. The minimum atomic E-state index is -0.354. The van der Waals surface area contributed by atoms with Gasteiger partial charge in [-0.3, -0.25) is 4.79 Å². The summed E-state index contributed by atoms with van der Waals surface area (Å²) in [5, 5.41) is 3.81. The van der Waals surface area contributed by atoms with Crippen molar-refractivity contribution < 1.29 is 9.18 Å². The van der Waals surface area contributed by atoms with Crippen molar-refractivity contribution in [1.29, 1.82) is 0 Å². The summed E-state index contributed by atoms with van der Waals surface area (Å²) in [5.41, 5.74) is 1.42. The third-order valence-electron chi connectivity index (χ3n) is 2.79. The van der Waals surface area contributed by atoms with Gasteiger partial charge in [-0.2, -0.15) is 0 Å². The average Bonchev–Trinajstić information content (AvgIpc) is 2.84. The molecule has 3 rings (SSSR count). The first kappa shape index (κ1) is 12.6. The van der Waals surface area contributed by atoms with Crippen molar-refractivity contribution >= 4 is 34.2 Å². The van der Waals surface area contributed by atoms with Crippen LogP contribution < -0.4 is 5.32 Å². The van der Waals surface area contributed by atoms with Gasteiger partial charge in [-0.15, -0.1) is 0 Å². The van der Waals surface area contributed by atoms with Gasteiger partial charge in [0.05, 0.1) is 0 Å². The lowest BCUT2D eigenvalue weighted by Gasteiger charge is -2.02. The number of aromatic amines is 1. The van der Waals surface area contributed by atoms with Gasteiger partial charge in [0.25, 0.3) is 5.91 Å². The molecule has 0 atom stereocenters. The van der Waals surface area contributed by atoms with Gasteiger partial charge in [0.1, 0.15) is 22.3 Å². The van der Waals surface area contributed by atoms with Crippen molar-refractivity contribution in [3.8, 4) is 0 Å². The summed E-state index contributed by atoms with van der Waals surface area (Å²) in [6, 6.07) is 10.6. The summed E-state index contributed by atoms with van der Waals surface area (Å²) < 4.78 is 12.8. The number of anilines is 1. The van der Waals surface area contributed by atoms with Gasteiger partial charge in [0.15, 0.2) is 0 Å². The van der Waals surface area contributed by atoms with E-state index in [9.17, 15) is 9.18 Å². The molecule has 0 unspecified atom stereocenters. The van der Waals surface area contributed by atoms with E-state index in [0.717, 1.165) is 5.39 Å². The minimum Gasteiger partial charge on any atom is -0.335 e. The Kier molecular flexibility index (Phi) is 3.12. The molecule has 0 aliphatic heterocycles. The summed E-state index contributed by atoms with van der Waals surface area (Å²) >= 11 is 5.78. The molecule has 20 heavy (non-hydrogen) atoms. The van der Waals surface area contributed by atoms with Crippen LogP contribution in [0.2, 0.25) is 5.15 Å². The zero-order chi connectivity index (χ0) is 14.1. The van der Waals surface area contributed by atoms with Crippen LogP contribution in [0.15, 0.2) is 42.5 Å². The quantitative estimate of drug-likeness (QED) is 0.708. The van der Waals surface area contributed by atoms with E-state index in [4.69, 9.17) is 11.6 Å². The third kappa shape index (κ3) is 2.48.